The van der Waals surface area contributed by atoms with E-state index < -0.39 is 0 Å². The first-order valence-electron chi connectivity index (χ1n) is 8.37. The lowest BCUT2D eigenvalue weighted by molar-refractivity contribution is 0.185. The van der Waals surface area contributed by atoms with Crippen molar-refractivity contribution in [2.45, 2.75) is 77.6 Å². The molecule has 0 spiro atoms. The van der Waals surface area contributed by atoms with E-state index in [9.17, 15) is 4.79 Å². The third-order valence-electron chi connectivity index (χ3n) is 3.95. The molecule has 0 aromatic rings. The maximum atomic E-state index is 11.5. The third kappa shape index (κ3) is 8.12. The van der Waals surface area contributed by atoms with Gasteiger partial charge < -0.3 is 10.2 Å². The number of unbranched alkanes of at least 4 members (excludes halogenated alkanes) is 9. The summed E-state index contributed by atoms with van der Waals surface area (Å²) in [6.45, 7) is 5.02. The van der Waals surface area contributed by atoms with Gasteiger partial charge in [-0.3, -0.25) is 0 Å². The number of rotatable bonds is 11. The monoisotopic (exact) mass is 268 g/mol. The fourth-order valence-electron chi connectivity index (χ4n) is 2.68. The van der Waals surface area contributed by atoms with Crippen LogP contribution in [0.25, 0.3) is 0 Å². The van der Waals surface area contributed by atoms with Crippen LogP contribution in [-0.2, 0) is 0 Å². The number of nitrogens with zero attached hydrogens (tertiary/aromatic N) is 1. The number of hydrogen-bond acceptors (Lipinski definition) is 1. The fourth-order valence-corrected chi connectivity index (χ4v) is 2.68. The average molecular weight is 268 g/mol. The molecule has 2 amide bonds. The Morgan fingerprint density at radius 2 is 1.53 bits per heavy atom. The minimum atomic E-state index is 0.141. The predicted molar refractivity (Wildman–Crippen MR) is 81.4 cm³/mol. The molecule has 1 heterocycles. The molecule has 1 N–H and O–H groups in total. The van der Waals surface area contributed by atoms with Gasteiger partial charge in [0.25, 0.3) is 0 Å². The highest BCUT2D eigenvalue weighted by Gasteiger charge is 2.15. The minimum Gasteiger partial charge on any atom is -0.338 e. The van der Waals surface area contributed by atoms with E-state index in [2.05, 4.69) is 12.2 Å². The molecule has 1 saturated heterocycles. The van der Waals surface area contributed by atoms with E-state index in [1.54, 1.807) is 0 Å². The summed E-state index contributed by atoms with van der Waals surface area (Å²) >= 11 is 0. The maximum absolute atomic E-state index is 11.5. The van der Waals surface area contributed by atoms with Crippen molar-refractivity contribution in [2.75, 3.05) is 19.6 Å². The molecule has 0 aromatic heterocycles. The van der Waals surface area contributed by atoms with Gasteiger partial charge in [-0.15, -0.1) is 0 Å². The zero-order valence-electron chi connectivity index (χ0n) is 12.8. The van der Waals surface area contributed by atoms with Gasteiger partial charge in [0.2, 0.25) is 0 Å². The second kappa shape index (κ2) is 11.1. The lowest BCUT2D eigenvalue weighted by Crippen LogP contribution is -2.46. The Kier molecular flexibility index (Phi) is 9.56. The zero-order valence-corrected chi connectivity index (χ0v) is 12.8. The second-order valence-electron chi connectivity index (χ2n) is 5.75. The molecule has 0 bridgehead atoms. The number of urea groups is 1. The van der Waals surface area contributed by atoms with E-state index in [4.69, 9.17) is 0 Å². The van der Waals surface area contributed by atoms with Gasteiger partial charge >= 0.3 is 6.03 Å². The summed E-state index contributed by atoms with van der Waals surface area (Å²) in [4.78, 5) is 13.5. The highest BCUT2D eigenvalue weighted by molar-refractivity contribution is 5.74. The van der Waals surface area contributed by atoms with Crippen LogP contribution in [0.15, 0.2) is 0 Å². The van der Waals surface area contributed by atoms with Crippen molar-refractivity contribution in [1.29, 1.82) is 0 Å². The van der Waals surface area contributed by atoms with Gasteiger partial charge in [0.1, 0.15) is 0 Å². The summed E-state index contributed by atoms with van der Waals surface area (Å²) in [5.74, 6) is 0. The highest BCUT2D eigenvalue weighted by Crippen LogP contribution is 2.11. The number of hydrogen-bond donors (Lipinski definition) is 1. The topological polar surface area (TPSA) is 32.3 Å². The molecule has 0 atom stereocenters. The molecule has 112 valence electrons. The Morgan fingerprint density at radius 3 is 2.11 bits per heavy atom. The van der Waals surface area contributed by atoms with Crippen LogP contribution in [0, 0.1) is 0 Å². The largest absolute Gasteiger partial charge is 0.338 e. The summed E-state index contributed by atoms with van der Waals surface area (Å²) < 4.78 is 0. The molecular weight excluding hydrogens is 236 g/mol. The molecule has 0 radical (unpaired) electrons. The average Bonchev–Trinajstić information content (AvgIpc) is 2.43. The molecule has 0 aromatic carbocycles. The molecule has 3 nitrogen and oxygen atoms in total. The Hall–Kier alpha value is -0.730. The predicted octanol–water partition coefficient (Wildman–Crippen LogP) is 4.32. The number of amides is 2. The molecule has 3 heteroatoms. The van der Waals surface area contributed by atoms with E-state index in [0.29, 0.717) is 0 Å². The van der Waals surface area contributed by atoms with Gasteiger partial charge in [-0.05, 0) is 12.8 Å². The van der Waals surface area contributed by atoms with Crippen molar-refractivity contribution in [1.82, 2.24) is 10.2 Å². The Labute approximate surface area is 119 Å². The van der Waals surface area contributed by atoms with Gasteiger partial charge in [0, 0.05) is 19.6 Å². The van der Waals surface area contributed by atoms with Gasteiger partial charge in [0.05, 0.1) is 0 Å². The van der Waals surface area contributed by atoms with E-state index in [1.807, 2.05) is 4.90 Å². The minimum absolute atomic E-state index is 0.141. The molecular formula is C16H32N2O. The van der Waals surface area contributed by atoms with Crippen LogP contribution >= 0.6 is 0 Å². The van der Waals surface area contributed by atoms with Crippen molar-refractivity contribution in [3.05, 3.63) is 0 Å². The number of carbonyl (C=O) groups excluding carboxylic acids is 1. The number of nitrogens with one attached hydrogen (secondary N) is 1. The van der Waals surface area contributed by atoms with E-state index >= 15 is 0 Å². The Bertz CT molecular complexity index is 231. The molecule has 0 aliphatic carbocycles. The lowest BCUT2D eigenvalue weighted by Gasteiger charge is -2.27. The zero-order chi connectivity index (χ0) is 13.8. The second-order valence-corrected chi connectivity index (χ2v) is 5.75. The van der Waals surface area contributed by atoms with Gasteiger partial charge in [0.15, 0.2) is 0 Å². The van der Waals surface area contributed by atoms with Crippen LogP contribution in [0.3, 0.4) is 0 Å². The van der Waals surface area contributed by atoms with Crippen LogP contribution in [0.2, 0.25) is 0 Å². The van der Waals surface area contributed by atoms with Gasteiger partial charge in [-0.1, -0.05) is 64.7 Å². The van der Waals surface area contributed by atoms with Crippen molar-refractivity contribution < 1.29 is 4.79 Å². The first-order chi connectivity index (χ1) is 9.34. The normalized spacial score (nSPS) is 15.6. The summed E-state index contributed by atoms with van der Waals surface area (Å²) in [6, 6.07) is 0.141. The van der Waals surface area contributed by atoms with Gasteiger partial charge in [-0.2, -0.15) is 0 Å². The van der Waals surface area contributed by atoms with Crippen LogP contribution in [-0.4, -0.2) is 30.6 Å². The lowest BCUT2D eigenvalue weighted by atomic mass is 10.1. The van der Waals surface area contributed by atoms with Crippen molar-refractivity contribution in [3.63, 3.8) is 0 Å². The molecule has 0 saturated carbocycles. The number of carbonyl (C=O) groups is 1. The fraction of sp³-hybridized carbons (Fsp3) is 0.938. The van der Waals surface area contributed by atoms with Crippen molar-refractivity contribution >= 4 is 6.03 Å². The van der Waals surface area contributed by atoms with E-state index in [-0.39, 0.29) is 6.03 Å². The van der Waals surface area contributed by atoms with Crippen LogP contribution in [0.5, 0.6) is 0 Å². The SMILES string of the molecule is CCCCCCCCCCCCN1CCCNC1=O. The van der Waals surface area contributed by atoms with E-state index in [0.717, 1.165) is 26.1 Å². The van der Waals surface area contributed by atoms with Crippen LogP contribution in [0.1, 0.15) is 77.6 Å². The molecule has 1 rings (SSSR count). The van der Waals surface area contributed by atoms with Gasteiger partial charge in [-0.25, -0.2) is 4.79 Å². The Morgan fingerprint density at radius 1 is 0.947 bits per heavy atom. The highest BCUT2D eigenvalue weighted by atomic mass is 16.2. The summed E-state index contributed by atoms with van der Waals surface area (Å²) in [6.07, 6.45) is 14.6. The Balaban J connectivity index is 1.82. The summed E-state index contributed by atoms with van der Waals surface area (Å²) in [5, 5.41) is 2.90. The standard InChI is InChI=1S/C16H32N2O/c1-2-3-4-5-6-7-8-9-10-11-14-18-15-12-13-17-16(18)19/h2-15H2,1H3,(H,17,19). The van der Waals surface area contributed by atoms with Crippen molar-refractivity contribution in [2.24, 2.45) is 0 Å². The molecule has 0 unspecified atom stereocenters. The molecule has 1 aliphatic rings. The molecule has 1 fully saturated rings. The molecule has 1 aliphatic heterocycles. The molecule has 19 heavy (non-hydrogen) atoms. The van der Waals surface area contributed by atoms with Crippen molar-refractivity contribution in [3.8, 4) is 0 Å². The van der Waals surface area contributed by atoms with Crippen LogP contribution < -0.4 is 5.32 Å². The summed E-state index contributed by atoms with van der Waals surface area (Å²) in [5.41, 5.74) is 0. The smallest absolute Gasteiger partial charge is 0.317 e. The third-order valence-corrected chi connectivity index (χ3v) is 3.95. The maximum Gasteiger partial charge on any atom is 0.317 e. The first kappa shape index (κ1) is 16.3. The van der Waals surface area contributed by atoms with E-state index in [1.165, 1.54) is 64.2 Å². The summed E-state index contributed by atoms with van der Waals surface area (Å²) in [7, 11) is 0. The quantitative estimate of drug-likeness (QED) is 0.556. The first-order valence-corrected chi connectivity index (χ1v) is 8.37. The van der Waals surface area contributed by atoms with Crippen LogP contribution in [0.4, 0.5) is 4.79 Å².